The first kappa shape index (κ1) is 13.6. The Morgan fingerprint density at radius 1 is 1.28 bits per heavy atom. The molecule has 100 valence electrons. The van der Waals surface area contributed by atoms with Crippen LogP contribution in [-0.2, 0) is 10.2 Å². The molecular formula is C16H25NO. The van der Waals surface area contributed by atoms with Gasteiger partial charge in [0.2, 0.25) is 0 Å². The summed E-state index contributed by atoms with van der Waals surface area (Å²) in [7, 11) is 0. The largest absolute Gasteiger partial charge is 0.379 e. The summed E-state index contributed by atoms with van der Waals surface area (Å²) in [6.07, 6.45) is 1.03. The molecule has 2 N–H and O–H groups in total. The van der Waals surface area contributed by atoms with E-state index in [-0.39, 0.29) is 10.8 Å². The number of ether oxygens (including phenoxy) is 1. The van der Waals surface area contributed by atoms with Gasteiger partial charge in [0.1, 0.15) is 0 Å². The van der Waals surface area contributed by atoms with Crippen LogP contribution >= 0.6 is 0 Å². The predicted octanol–water partition coefficient (Wildman–Crippen LogP) is 2.95. The summed E-state index contributed by atoms with van der Waals surface area (Å²) in [5, 5.41) is 0. The molecule has 2 heteroatoms. The van der Waals surface area contributed by atoms with Gasteiger partial charge in [0.25, 0.3) is 0 Å². The Morgan fingerprint density at radius 3 is 2.39 bits per heavy atom. The van der Waals surface area contributed by atoms with Gasteiger partial charge in [-0.2, -0.15) is 0 Å². The van der Waals surface area contributed by atoms with Crippen molar-refractivity contribution < 1.29 is 4.74 Å². The van der Waals surface area contributed by atoms with Crippen LogP contribution in [0.2, 0.25) is 0 Å². The molecule has 0 radical (unpaired) electrons. The highest BCUT2D eigenvalue weighted by molar-refractivity contribution is 5.40. The Morgan fingerprint density at radius 2 is 1.94 bits per heavy atom. The molecular weight excluding hydrogens is 222 g/mol. The van der Waals surface area contributed by atoms with Gasteiger partial charge in [0.05, 0.1) is 13.2 Å². The Labute approximate surface area is 111 Å². The molecule has 1 aliphatic rings. The molecule has 0 unspecified atom stereocenters. The number of nitrogens with two attached hydrogens (primary N) is 1. The van der Waals surface area contributed by atoms with Crippen LogP contribution in [0.4, 0.5) is 0 Å². The van der Waals surface area contributed by atoms with Crippen molar-refractivity contribution in [3.8, 4) is 0 Å². The fourth-order valence-electron chi connectivity index (χ4n) is 3.17. The van der Waals surface area contributed by atoms with E-state index in [2.05, 4.69) is 45.9 Å². The van der Waals surface area contributed by atoms with Crippen molar-refractivity contribution >= 4 is 0 Å². The van der Waals surface area contributed by atoms with Gasteiger partial charge in [0.15, 0.2) is 0 Å². The maximum atomic E-state index is 5.79. The van der Waals surface area contributed by atoms with Crippen molar-refractivity contribution in [2.45, 2.75) is 39.5 Å². The second kappa shape index (κ2) is 4.67. The van der Waals surface area contributed by atoms with E-state index in [0.717, 1.165) is 26.2 Å². The molecule has 1 aromatic rings. The van der Waals surface area contributed by atoms with Gasteiger partial charge in [-0.05, 0) is 43.4 Å². The number of hydrogen-bond acceptors (Lipinski definition) is 2. The molecule has 1 heterocycles. The molecule has 0 atom stereocenters. The van der Waals surface area contributed by atoms with E-state index < -0.39 is 0 Å². The standard InChI is InChI=1S/C16H25NO/c1-12-5-6-14(13(2)9-12)16(10-18-11-16)15(3,4)7-8-17/h5-6,9H,7-8,10-11,17H2,1-4H3. The van der Waals surface area contributed by atoms with Crippen LogP contribution in [0.5, 0.6) is 0 Å². The highest BCUT2D eigenvalue weighted by atomic mass is 16.5. The van der Waals surface area contributed by atoms with E-state index in [1.165, 1.54) is 16.7 Å². The monoisotopic (exact) mass is 247 g/mol. The lowest BCUT2D eigenvalue weighted by molar-refractivity contribution is -0.121. The first-order valence-corrected chi connectivity index (χ1v) is 6.78. The average Bonchev–Trinajstić information content (AvgIpc) is 2.18. The van der Waals surface area contributed by atoms with Gasteiger partial charge in [-0.1, -0.05) is 37.6 Å². The number of aryl methyl sites for hydroxylation is 2. The minimum absolute atomic E-state index is 0.143. The number of hydrogen-bond donors (Lipinski definition) is 1. The molecule has 0 aromatic heterocycles. The minimum atomic E-state index is 0.143. The second-order valence-corrected chi connectivity index (χ2v) is 6.32. The van der Waals surface area contributed by atoms with E-state index in [1.807, 2.05) is 0 Å². The Bertz CT molecular complexity index is 433. The zero-order valence-electron chi connectivity index (χ0n) is 12.0. The van der Waals surface area contributed by atoms with Crippen molar-refractivity contribution in [1.29, 1.82) is 0 Å². The molecule has 1 fully saturated rings. The van der Waals surface area contributed by atoms with Crippen LogP contribution in [0.25, 0.3) is 0 Å². The van der Waals surface area contributed by atoms with Crippen LogP contribution in [0.1, 0.15) is 37.0 Å². The molecule has 0 amide bonds. The smallest absolute Gasteiger partial charge is 0.0590 e. The topological polar surface area (TPSA) is 35.2 Å². The average molecular weight is 247 g/mol. The third kappa shape index (κ3) is 1.98. The van der Waals surface area contributed by atoms with E-state index in [1.54, 1.807) is 0 Å². The Kier molecular flexibility index (Phi) is 3.52. The van der Waals surface area contributed by atoms with Crippen molar-refractivity contribution in [1.82, 2.24) is 0 Å². The maximum Gasteiger partial charge on any atom is 0.0590 e. The van der Waals surface area contributed by atoms with Gasteiger partial charge in [-0.15, -0.1) is 0 Å². The van der Waals surface area contributed by atoms with Crippen LogP contribution in [-0.4, -0.2) is 19.8 Å². The minimum Gasteiger partial charge on any atom is -0.379 e. The third-order valence-corrected chi connectivity index (χ3v) is 4.66. The number of rotatable bonds is 4. The lowest BCUT2D eigenvalue weighted by Gasteiger charge is -2.53. The van der Waals surface area contributed by atoms with Crippen molar-refractivity contribution in [2.24, 2.45) is 11.1 Å². The first-order valence-electron chi connectivity index (χ1n) is 6.78. The van der Waals surface area contributed by atoms with Gasteiger partial charge in [0, 0.05) is 5.41 Å². The molecule has 18 heavy (non-hydrogen) atoms. The molecule has 0 spiro atoms. The molecule has 0 saturated carbocycles. The zero-order valence-corrected chi connectivity index (χ0v) is 12.0. The quantitative estimate of drug-likeness (QED) is 0.888. The van der Waals surface area contributed by atoms with Crippen LogP contribution in [0, 0.1) is 19.3 Å². The Balaban J connectivity index is 2.44. The van der Waals surface area contributed by atoms with E-state index in [9.17, 15) is 0 Å². The van der Waals surface area contributed by atoms with Gasteiger partial charge >= 0.3 is 0 Å². The molecule has 2 nitrogen and oxygen atoms in total. The van der Waals surface area contributed by atoms with Crippen molar-refractivity contribution in [2.75, 3.05) is 19.8 Å². The van der Waals surface area contributed by atoms with Crippen molar-refractivity contribution in [3.63, 3.8) is 0 Å². The molecule has 0 bridgehead atoms. The fourth-order valence-corrected chi connectivity index (χ4v) is 3.17. The van der Waals surface area contributed by atoms with Crippen molar-refractivity contribution in [3.05, 3.63) is 34.9 Å². The first-order chi connectivity index (χ1) is 8.43. The summed E-state index contributed by atoms with van der Waals surface area (Å²) in [6.45, 7) is 11.4. The number of benzene rings is 1. The Hall–Kier alpha value is -0.860. The van der Waals surface area contributed by atoms with E-state index in [0.29, 0.717) is 0 Å². The van der Waals surface area contributed by atoms with Crippen LogP contribution in [0.15, 0.2) is 18.2 Å². The predicted molar refractivity (Wildman–Crippen MR) is 75.9 cm³/mol. The summed E-state index contributed by atoms with van der Waals surface area (Å²) >= 11 is 0. The SMILES string of the molecule is Cc1ccc(C2(C(C)(C)CCN)COC2)c(C)c1. The fraction of sp³-hybridized carbons (Fsp3) is 0.625. The van der Waals surface area contributed by atoms with E-state index in [4.69, 9.17) is 10.5 Å². The summed E-state index contributed by atoms with van der Waals surface area (Å²) in [4.78, 5) is 0. The van der Waals surface area contributed by atoms with Gasteiger partial charge < -0.3 is 10.5 Å². The summed E-state index contributed by atoms with van der Waals surface area (Å²) in [6, 6.07) is 6.76. The van der Waals surface area contributed by atoms with Crippen LogP contribution < -0.4 is 5.73 Å². The second-order valence-electron chi connectivity index (χ2n) is 6.32. The van der Waals surface area contributed by atoms with Gasteiger partial charge in [-0.3, -0.25) is 0 Å². The van der Waals surface area contributed by atoms with E-state index >= 15 is 0 Å². The zero-order chi connectivity index (χ0) is 13.4. The molecule has 1 aliphatic heterocycles. The maximum absolute atomic E-state index is 5.79. The molecule has 1 aromatic carbocycles. The summed E-state index contributed by atoms with van der Waals surface area (Å²) < 4.78 is 5.57. The highest BCUT2D eigenvalue weighted by Gasteiger charge is 2.52. The molecule has 0 aliphatic carbocycles. The summed E-state index contributed by atoms with van der Waals surface area (Å²) in [5.74, 6) is 0. The molecule has 2 rings (SSSR count). The highest BCUT2D eigenvalue weighted by Crippen LogP contribution is 2.50. The third-order valence-electron chi connectivity index (χ3n) is 4.66. The summed E-state index contributed by atoms with van der Waals surface area (Å²) in [5.41, 5.74) is 10.3. The lowest BCUT2D eigenvalue weighted by atomic mass is 9.58. The lowest BCUT2D eigenvalue weighted by Crippen LogP contribution is -2.57. The molecule has 1 saturated heterocycles. The van der Waals surface area contributed by atoms with Crippen LogP contribution in [0.3, 0.4) is 0 Å². The normalized spacial score (nSPS) is 18.5. The van der Waals surface area contributed by atoms with Gasteiger partial charge in [-0.25, -0.2) is 0 Å².